The van der Waals surface area contributed by atoms with E-state index >= 15 is 0 Å². The Morgan fingerprint density at radius 3 is 1.29 bits per heavy atom. The Balaban J connectivity index is 1.48. The molecule has 2 aromatic carbocycles. The molecule has 2 aliphatic heterocycles. The molecule has 126 valence electrons. The second kappa shape index (κ2) is 6.65. The molecule has 0 radical (unpaired) electrons. The predicted molar refractivity (Wildman–Crippen MR) is 89.2 cm³/mol. The van der Waals surface area contributed by atoms with Crippen LogP contribution in [0.2, 0.25) is 0 Å². The fraction of sp³-hybridized carbons (Fsp3) is 0.400. The van der Waals surface area contributed by atoms with E-state index in [2.05, 4.69) is 0 Å². The van der Waals surface area contributed by atoms with Crippen LogP contribution in [-0.4, -0.2) is 24.4 Å². The quantitative estimate of drug-likeness (QED) is 0.854. The molecule has 2 fully saturated rings. The average molecular weight is 326 g/mol. The molecule has 6 atom stereocenters. The topological polar surface area (TPSA) is 36.9 Å². The van der Waals surface area contributed by atoms with Crippen LogP contribution in [-0.2, 0) is 18.9 Å². The van der Waals surface area contributed by atoms with Gasteiger partial charge < -0.3 is 18.9 Å². The highest BCUT2D eigenvalue weighted by Crippen LogP contribution is 2.40. The first-order chi connectivity index (χ1) is 11.7. The smallest absolute Gasteiger partial charge is 0.184 e. The van der Waals surface area contributed by atoms with Crippen LogP contribution in [0.1, 0.15) is 37.6 Å². The zero-order valence-corrected chi connectivity index (χ0v) is 13.9. The highest BCUT2D eigenvalue weighted by atomic mass is 16.8. The lowest BCUT2D eigenvalue weighted by Crippen LogP contribution is -2.39. The second-order valence-electron chi connectivity index (χ2n) is 6.37. The molecule has 0 amide bonds. The summed E-state index contributed by atoms with van der Waals surface area (Å²) in [5.74, 6) is 0. The fourth-order valence-corrected chi connectivity index (χ4v) is 3.34. The van der Waals surface area contributed by atoms with Gasteiger partial charge in [0.05, 0.1) is 12.2 Å². The molecule has 4 rings (SSSR count). The molecule has 24 heavy (non-hydrogen) atoms. The maximum Gasteiger partial charge on any atom is 0.184 e. The van der Waals surface area contributed by atoms with E-state index in [1.807, 2.05) is 74.5 Å². The van der Waals surface area contributed by atoms with Crippen LogP contribution in [0.25, 0.3) is 0 Å². The first-order valence-electron chi connectivity index (χ1n) is 8.44. The molecule has 0 aromatic heterocycles. The Labute approximate surface area is 142 Å². The second-order valence-corrected chi connectivity index (χ2v) is 6.37. The van der Waals surface area contributed by atoms with Crippen molar-refractivity contribution < 1.29 is 18.9 Å². The molecule has 0 N–H and O–H groups in total. The lowest BCUT2D eigenvalue weighted by atomic mass is 10.1. The van der Waals surface area contributed by atoms with Crippen LogP contribution in [0.15, 0.2) is 60.7 Å². The lowest BCUT2D eigenvalue weighted by Gasteiger charge is -2.22. The van der Waals surface area contributed by atoms with E-state index in [4.69, 9.17) is 18.9 Å². The minimum Gasteiger partial charge on any atom is -0.343 e. The maximum absolute atomic E-state index is 6.17. The normalized spacial score (nSPS) is 36.1. The first kappa shape index (κ1) is 15.8. The van der Waals surface area contributed by atoms with Crippen molar-refractivity contribution in [2.75, 3.05) is 0 Å². The monoisotopic (exact) mass is 326 g/mol. The van der Waals surface area contributed by atoms with Crippen LogP contribution >= 0.6 is 0 Å². The van der Waals surface area contributed by atoms with Gasteiger partial charge in [-0.2, -0.15) is 0 Å². The predicted octanol–water partition coefficient (Wildman–Crippen LogP) is 3.99. The molecular formula is C20H22O4. The highest BCUT2D eigenvalue weighted by molar-refractivity contribution is 5.18. The number of hydrogen-bond acceptors (Lipinski definition) is 4. The summed E-state index contributed by atoms with van der Waals surface area (Å²) in [5.41, 5.74) is 2.05. The summed E-state index contributed by atoms with van der Waals surface area (Å²) in [6.45, 7) is 4.05. The summed E-state index contributed by atoms with van der Waals surface area (Å²) in [7, 11) is 0. The lowest BCUT2D eigenvalue weighted by molar-refractivity contribution is -0.107. The molecular weight excluding hydrogens is 304 g/mol. The van der Waals surface area contributed by atoms with Gasteiger partial charge in [-0.1, -0.05) is 60.7 Å². The van der Waals surface area contributed by atoms with E-state index in [1.165, 1.54) is 0 Å². The fourth-order valence-electron chi connectivity index (χ4n) is 3.34. The SMILES string of the molecule is CC1OC(c2ccccc2)OC1C1OC(c2ccccc2)OC1C. The molecule has 0 saturated carbocycles. The van der Waals surface area contributed by atoms with Crippen LogP contribution in [0.3, 0.4) is 0 Å². The summed E-state index contributed by atoms with van der Waals surface area (Å²) in [6, 6.07) is 20.0. The molecule has 2 aliphatic rings. The summed E-state index contributed by atoms with van der Waals surface area (Å²) >= 11 is 0. The van der Waals surface area contributed by atoms with Crippen molar-refractivity contribution >= 4 is 0 Å². The van der Waals surface area contributed by atoms with Crippen molar-refractivity contribution in [1.82, 2.24) is 0 Å². The molecule has 2 heterocycles. The number of benzene rings is 2. The van der Waals surface area contributed by atoms with Gasteiger partial charge in [-0.25, -0.2) is 0 Å². The summed E-state index contributed by atoms with van der Waals surface area (Å²) in [6.07, 6.45) is -1.12. The van der Waals surface area contributed by atoms with E-state index in [9.17, 15) is 0 Å². The number of hydrogen-bond donors (Lipinski definition) is 0. The molecule has 0 spiro atoms. The minimum absolute atomic E-state index is 0.0548. The Morgan fingerprint density at radius 2 is 0.917 bits per heavy atom. The van der Waals surface area contributed by atoms with Crippen molar-refractivity contribution in [3.05, 3.63) is 71.8 Å². The van der Waals surface area contributed by atoms with Crippen molar-refractivity contribution in [2.24, 2.45) is 0 Å². The molecule has 0 bridgehead atoms. The summed E-state index contributed by atoms with van der Waals surface area (Å²) < 4.78 is 24.3. The Bertz CT molecular complexity index is 600. The largest absolute Gasteiger partial charge is 0.343 e. The zero-order valence-electron chi connectivity index (χ0n) is 13.9. The Morgan fingerprint density at radius 1 is 0.542 bits per heavy atom. The number of ether oxygens (including phenoxy) is 4. The van der Waals surface area contributed by atoms with Gasteiger partial charge in [-0.15, -0.1) is 0 Å². The molecule has 0 aliphatic carbocycles. The van der Waals surface area contributed by atoms with Gasteiger partial charge in [0.25, 0.3) is 0 Å². The van der Waals surface area contributed by atoms with E-state index in [0.29, 0.717) is 0 Å². The van der Waals surface area contributed by atoms with Gasteiger partial charge in [0, 0.05) is 11.1 Å². The van der Waals surface area contributed by atoms with E-state index in [1.54, 1.807) is 0 Å². The van der Waals surface area contributed by atoms with Crippen LogP contribution < -0.4 is 0 Å². The average Bonchev–Trinajstić information content (AvgIpc) is 3.19. The molecule has 2 aromatic rings. The minimum atomic E-state index is -0.349. The van der Waals surface area contributed by atoms with Gasteiger partial charge in [-0.3, -0.25) is 0 Å². The molecule has 4 heteroatoms. The van der Waals surface area contributed by atoms with Gasteiger partial charge in [0.15, 0.2) is 12.6 Å². The standard InChI is InChI=1S/C20H22O4/c1-13-17(23-19(21-13)15-9-5-3-6-10-15)18-14(2)22-20(24-18)16-11-7-4-8-12-16/h3-14,17-20H,1-2H3. The maximum atomic E-state index is 6.17. The Kier molecular flexibility index (Phi) is 4.37. The third-order valence-electron chi connectivity index (χ3n) is 4.63. The van der Waals surface area contributed by atoms with E-state index in [0.717, 1.165) is 11.1 Å². The van der Waals surface area contributed by atoms with Crippen LogP contribution in [0.4, 0.5) is 0 Å². The van der Waals surface area contributed by atoms with Gasteiger partial charge in [0.1, 0.15) is 12.2 Å². The molecule has 6 unspecified atom stereocenters. The van der Waals surface area contributed by atoms with Gasteiger partial charge in [0.2, 0.25) is 0 Å². The molecule has 4 nitrogen and oxygen atoms in total. The zero-order chi connectivity index (χ0) is 16.5. The molecule has 2 saturated heterocycles. The third-order valence-corrected chi connectivity index (χ3v) is 4.63. The van der Waals surface area contributed by atoms with Crippen molar-refractivity contribution in [2.45, 2.75) is 50.8 Å². The van der Waals surface area contributed by atoms with Gasteiger partial charge >= 0.3 is 0 Å². The van der Waals surface area contributed by atoms with Crippen molar-refractivity contribution in [3.63, 3.8) is 0 Å². The number of rotatable bonds is 3. The Hall–Kier alpha value is -1.72. The van der Waals surface area contributed by atoms with Crippen molar-refractivity contribution in [3.8, 4) is 0 Å². The van der Waals surface area contributed by atoms with E-state index in [-0.39, 0.29) is 37.0 Å². The van der Waals surface area contributed by atoms with Crippen LogP contribution in [0, 0.1) is 0 Å². The van der Waals surface area contributed by atoms with Gasteiger partial charge in [-0.05, 0) is 13.8 Å². The summed E-state index contributed by atoms with van der Waals surface area (Å²) in [4.78, 5) is 0. The highest BCUT2D eigenvalue weighted by Gasteiger charge is 2.47. The first-order valence-corrected chi connectivity index (χ1v) is 8.44. The van der Waals surface area contributed by atoms with Crippen LogP contribution in [0.5, 0.6) is 0 Å². The third kappa shape index (κ3) is 2.98. The van der Waals surface area contributed by atoms with E-state index < -0.39 is 0 Å². The summed E-state index contributed by atoms with van der Waals surface area (Å²) in [5, 5.41) is 0. The van der Waals surface area contributed by atoms with Crippen molar-refractivity contribution in [1.29, 1.82) is 0 Å².